The topological polar surface area (TPSA) is 35.6 Å². The number of rotatable bonds is 7. The predicted molar refractivity (Wildman–Crippen MR) is 114 cm³/mol. The number of halogens is 2. The van der Waals surface area contributed by atoms with Gasteiger partial charge in [0.15, 0.2) is 0 Å². The molecule has 0 bridgehead atoms. The molecule has 0 aliphatic carbocycles. The molecule has 29 heavy (non-hydrogen) atoms. The summed E-state index contributed by atoms with van der Waals surface area (Å²) in [6, 6.07) is 11.9. The minimum atomic E-state index is -0.760. The second-order valence-electron chi connectivity index (χ2n) is 7.16. The molecule has 1 aliphatic rings. The van der Waals surface area contributed by atoms with E-state index in [9.17, 15) is 13.6 Å². The van der Waals surface area contributed by atoms with E-state index < -0.39 is 11.6 Å². The molecular formula is C22H27F2N3OS. The Kier molecular flexibility index (Phi) is 8.03. The smallest absolute Gasteiger partial charge is 0.238 e. The predicted octanol–water partition coefficient (Wildman–Crippen LogP) is 4.22. The van der Waals surface area contributed by atoms with Crippen LogP contribution >= 0.6 is 11.8 Å². The van der Waals surface area contributed by atoms with Crippen molar-refractivity contribution < 1.29 is 13.6 Å². The zero-order valence-corrected chi connectivity index (χ0v) is 17.5. The lowest BCUT2D eigenvalue weighted by molar-refractivity contribution is -0.117. The number of benzene rings is 2. The molecule has 1 N–H and O–H groups in total. The molecule has 4 nitrogen and oxygen atoms in total. The van der Waals surface area contributed by atoms with Gasteiger partial charge in [0.05, 0.1) is 12.2 Å². The van der Waals surface area contributed by atoms with Crippen LogP contribution in [0.1, 0.15) is 18.9 Å². The monoisotopic (exact) mass is 419 g/mol. The van der Waals surface area contributed by atoms with Crippen molar-refractivity contribution in [3.63, 3.8) is 0 Å². The summed E-state index contributed by atoms with van der Waals surface area (Å²) >= 11 is 1.84. The third-order valence-electron chi connectivity index (χ3n) is 4.89. The number of thioether (sulfide) groups is 1. The minimum absolute atomic E-state index is 0.0116. The molecule has 3 rings (SSSR count). The third kappa shape index (κ3) is 6.80. The first kappa shape index (κ1) is 21.7. The first-order valence-electron chi connectivity index (χ1n) is 9.95. The normalized spacial score (nSPS) is 15.8. The van der Waals surface area contributed by atoms with E-state index in [4.69, 9.17) is 0 Å². The van der Waals surface area contributed by atoms with E-state index in [0.29, 0.717) is 0 Å². The zero-order valence-electron chi connectivity index (χ0n) is 16.7. The quantitative estimate of drug-likeness (QED) is 0.682. The highest BCUT2D eigenvalue weighted by molar-refractivity contribution is 7.99. The maximum atomic E-state index is 13.7. The Morgan fingerprint density at radius 3 is 2.48 bits per heavy atom. The molecule has 2 aromatic rings. The van der Waals surface area contributed by atoms with Crippen molar-refractivity contribution in [2.75, 3.05) is 43.8 Å². The van der Waals surface area contributed by atoms with Crippen LogP contribution in [0.5, 0.6) is 0 Å². The molecule has 0 spiro atoms. The van der Waals surface area contributed by atoms with Gasteiger partial charge in [-0.15, -0.1) is 11.8 Å². The lowest BCUT2D eigenvalue weighted by Gasteiger charge is -2.21. The molecule has 0 aromatic heterocycles. The highest BCUT2D eigenvalue weighted by Gasteiger charge is 2.18. The number of anilines is 1. The number of amides is 1. The third-order valence-corrected chi connectivity index (χ3v) is 5.79. The van der Waals surface area contributed by atoms with Gasteiger partial charge in [0.2, 0.25) is 5.91 Å². The van der Waals surface area contributed by atoms with Crippen molar-refractivity contribution >= 4 is 23.4 Å². The van der Waals surface area contributed by atoms with Gasteiger partial charge in [-0.25, -0.2) is 8.78 Å². The lowest BCUT2D eigenvalue weighted by atomic mass is 10.2. The van der Waals surface area contributed by atoms with Crippen LogP contribution in [0, 0.1) is 11.6 Å². The molecule has 0 radical (unpaired) electrons. The van der Waals surface area contributed by atoms with E-state index in [-0.39, 0.29) is 18.1 Å². The summed E-state index contributed by atoms with van der Waals surface area (Å²) in [4.78, 5) is 18.0. The lowest BCUT2D eigenvalue weighted by Crippen LogP contribution is -2.36. The summed E-state index contributed by atoms with van der Waals surface area (Å²) < 4.78 is 26.7. The zero-order chi connectivity index (χ0) is 20.6. The van der Waals surface area contributed by atoms with Crippen LogP contribution in [0.2, 0.25) is 0 Å². The maximum Gasteiger partial charge on any atom is 0.238 e. The van der Waals surface area contributed by atoms with E-state index in [0.717, 1.165) is 57.0 Å². The van der Waals surface area contributed by atoms with Crippen LogP contribution in [0.3, 0.4) is 0 Å². The molecular weight excluding hydrogens is 392 g/mol. The van der Waals surface area contributed by atoms with Crippen LogP contribution in [-0.2, 0) is 11.3 Å². The van der Waals surface area contributed by atoms with Gasteiger partial charge in [0.25, 0.3) is 0 Å². The Morgan fingerprint density at radius 2 is 1.76 bits per heavy atom. The van der Waals surface area contributed by atoms with Gasteiger partial charge in [-0.05, 0) is 55.1 Å². The number of carbonyl (C=O) groups excluding carboxylic acids is 1. The first-order chi connectivity index (χ1) is 14.0. The summed E-state index contributed by atoms with van der Waals surface area (Å²) in [7, 11) is 0. The van der Waals surface area contributed by atoms with Gasteiger partial charge in [-0.1, -0.05) is 19.1 Å². The number of hydrogen-bond acceptors (Lipinski definition) is 4. The second kappa shape index (κ2) is 10.7. The fourth-order valence-corrected chi connectivity index (χ4v) is 4.10. The Balaban J connectivity index is 1.47. The molecule has 156 valence electrons. The number of nitrogens with one attached hydrogen (secondary N) is 1. The Labute approximate surface area is 175 Å². The standard InChI is InChI=1S/C22H27F2N3OS/c1-2-29-19-7-4-17(5-8-19)15-26-10-3-11-27(13-12-26)16-22(28)25-21-9-6-18(23)14-20(21)24/h4-9,14H,2-3,10-13,15-16H2,1H3,(H,25,28). The van der Waals surface area contributed by atoms with Crippen molar-refractivity contribution in [3.05, 3.63) is 59.7 Å². The van der Waals surface area contributed by atoms with Crippen molar-refractivity contribution in [3.8, 4) is 0 Å². The summed E-state index contributed by atoms with van der Waals surface area (Å²) in [5, 5.41) is 2.53. The average Bonchev–Trinajstić information content (AvgIpc) is 2.91. The average molecular weight is 420 g/mol. The van der Waals surface area contributed by atoms with Crippen LogP contribution in [0.4, 0.5) is 14.5 Å². The summed E-state index contributed by atoms with van der Waals surface area (Å²) in [5.74, 6) is -0.633. The van der Waals surface area contributed by atoms with Crippen LogP contribution in [-0.4, -0.2) is 54.2 Å². The van der Waals surface area contributed by atoms with Gasteiger partial charge in [0.1, 0.15) is 11.6 Å². The van der Waals surface area contributed by atoms with E-state index in [2.05, 4.69) is 46.3 Å². The van der Waals surface area contributed by atoms with Crippen LogP contribution in [0.15, 0.2) is 47.4 Å². The Morgan fingerprint density at radius 1 is 1.03 bits per heavy atom. The minimum Gasteiger partial charge on any atom is -0.322 e. The van der Waals surface area contributed by atoms with Crippen molar-refractivity contribution in [2.24, 2.45) is 0 Å². The number of nitrogens with zero attached hydrogens (tertiary/aromatic N) is 2. The van der Waals surface area contributed by atoms with E-state index in [1.165, 1.54) is 16.5 Å². The molecule has 7 heteroatoms. The van der Waals surface area contributed by atoms with E-state index in [1.54, 1.807) is 0 Å². The molecule has 2 aromatic carbocycles. The highest BCUT2D eigenvalue weighted by Crippen LogP contribution is 2.19. The van der Waals surface area contributed by atoms with Crippen molar-refractivity contribution in [2.45, 2.75) is 24.8 Å². The van der Waals surface area contributed by atoms with Crippen LogP contribution in [0.25, 0.3) is 0 Å². The van der Waals surface area contributed by atoms with Gasteiger partial charge in [-0.2, -0.15) is 0 Å². The van der Waals surface area contributed by atoms with Gasteiger partial charge >= 0.3 is 0 Å². The number of carbonyl (C=O) groups is 1. The van der Waals surface area contributed by atoms with E-state index in [1.807, 2.05) is 11.8 Å². The molecule has 1 aliphatic heterocycles. The largest absolute Gasteiger partial charge is 0.322 e. The molecule has 1 amide bonds. The maximum absolute atomic E-state index is 13.7. The van der Waals surface area contributed by atoms with E-state index >= 15 is 0 Å². The molecule has 1 fully saturated rings. The Hall–Kier alpha value is -1.96. The molecule has 1 saturated heterocycles. The van der Waals surface area contributed by atoms with Gasteiger partial charge in [0, 0.05) is 30.6 Å². The van der Waals surface area contributed by atoms with Crippen molar-refractivity contribution in [1.29, 1.82) is 0 Å². The molecule has 0 saturated carbocycles. The Bertz CT molecular complexity index is 816. The fraction of sp³-hybridized carbons (Fsp3) is 0.409. The van der Waals surface area contributed by atoms with Gasteiger partial charge in [-0.3, -0.25) is 14.6 Å². The first-order valence-corrected chi connectivity index (χ1v) is 10.9. The molecule has 1 heterocycles. The van der Waals surface area contributed by atoms with Crippen LogP contribution < -0.4 is 5.32 Å². The summed E-state index contributed by atoms with van der Waals surface area (Å²) in [5.41, 5.74) is 1.31. The second-order valence-corrected chi connectivity index (χ2v) is 8.49. The van der Waals surface area contributed by atoms with Gasteiger partial charge < -0.3 is 5.32 Å². The highest BCUT2D eigenvalue weighted by atomic mass is 32.2. The summed E-state index contributed by atoms with van der Waals surface area (Å²) in [6.45, 7) is 6.72. The number of hydrogen-bond donors (Lipinski definition) is 1. The summed E-state index contributed by atoms with van der Waals surface area (Å²) in [6.07, 6.45) is 0.974. The SMILES string of the molecule is CCSc1ccc(CN2CCCN(CC(=O)Nc3ccc(F)cc3F)CC2)cc1. The van der Waals surface area contributed by atoms with Crippen molar-refractivity contribution in [1.82, 2.24) is 9.80 Å². The molecule has 0 unspecified atom stereocenters. The molecule has 0 atom stereocenters. The fourth-order valence-electron chi connectivity index (χ4n) is 3.44.